The monoisotopic (exact) mass is 420 g/mol. The number of benzene rings is 2. The summed E-state index contributed by atoms with van der Waals surface area (Å²) in [6.07, 6.45) is 1.89. The van der Waals surface area contributed by atoms with Crippen LogP contribution in [0.1, 0.15) is 31.9 Å². The fourth-order valence-corrected chi connectivity index (χ4v) is 4.05. The van der Waals surface area contributed by atoms with Crippen LogP contribution in [-0.4, -0.2) is 18.9 Å². The molecule has 30 heavy (non-hydrogen) atoms. The van der Waals surface area contributed by atoms with Crippen LogP contribution in [0.4, 0.5) is 0 Å². The fraction of sp³-hybridized carbons (Fsp3) is 0.167. The first-order valence-corrected chi connectivity index (χ1v) is 10.3. The van der Waals surface area contributed by atoms with Crippen molar-refractivity contribution in [3.05, 3.63) is 80.7 Å². The third-order valence-electron chi connectivity index (χ3n) is 4.93. The molecule has 2 heterocycles. The predicted molar refractivity (Wildman–Crippen MR) is 116 cm³/mol. The Hall–Kier alpha value is -3.38. The summed E-state index contributed by atoms with van der Waals surface area (Å²) in [7, 11) is 1.59. The number of rotatable bonds is 5. The first-order chi connectivity index (χ1) is 14.5. The average molecular weight is 420 g/mol. The number of fused-ring (bicyclic) bond motifs is 1. The van der Waals surface area contributed by atoms with E-state index in [1.54, 1.807) is 55.7 Å². The Morgan fingerprint density at radius 3 is 2.53 bits per heavy atom. The zero-order valence-electron chi connectivity index (χ0n) is 16.9. The molecule has 1 aliphatic rings. The van der Waals surface area contributed by atoms with Gasteiger partial charge in [-0.2, -0.15) is 0 Å². The van der Waals surface area contributed by atoms with E-state index in [4.69, 9.17) is 14.2 Å². The smallest absolute Gasteiger partial charge is 0.315 e. The van der Waals surface area contributed by atoms with Crippen LogP contribution in [0, 0.1) is 13.8 Å². The van der Waals surface area contributed by atoms with E-state index < -0.39 is 5.97 Å². The highest BCUT2D eigenvalue weighted by atomic mass is 32.1. The summed E-state index contributed by atoms with van der Waals surface area (Å²) < 4.78 is 16.5. The maximum atomic E-state index is 12.7. The number of thiophene rings is 1. The van der Waals surface area contributed by atoms with Crippen molar-refractivity contribution in [2.75, 3.05) is 7.11 Å². The lowest BCUT2D eigenvalue weighted by Crippen LogP contribution is -2.12. The molecular weight excluding hydrogens is 400 g/mol. The van der Waals surface area contributed by atoms with Gasteiger partial charge >= 0.3 is 5.97 Å². The van der Waals surface area contributed by atoms with Gasteiger partial charge < -0.3 is 14.2 Å². The largest absolute Gasteiger partial charge is 0.497 e. The summed E-state index contributed by atoms with van der Waals surface area (Å²) in [5.74, 6) is 1.27. The van der Waals surface area contributed by atoms with Crippen molar-refractivity contribution < 1.29 is 23.8 Å². The van der Waals surface area contributed by atoms with Gasteiger partial charge in [-0.25, -0.2) is 0 Å². The predicted octanol–water partition coefficient (Wildman–Crippen LogP) is 5.14. The van der Waals surface area contributed by atoms with Crippen molar-refractivity contribution in [3.8, 4) is 17.2 Å². The third-order valence-corrected chi connectivity index (χ3v) is 5.90. The second-order valence-electron chi connectivity index (χ2n) is 6.97. The maximum Gasteiger partial charge on any atom is 0.315 e. The fourth-order valence-electron chi connectivity index (χ4n) is 3.20. The Balaban J connectivity index is 1.52. The van der Waals surface area contributed by atoms with Gasteiger partial charge in [-0.05, 0) is 60.7 Å². The Morgan fingerprint density at radius 2 is 1.87 bits per heavy atom. The van der Waals surface area contributed by atoms with Crippen molar-refractivity contribution in [3.63, 3.8) is 0 Å². The standard InChI is InChI=1S/C24H20O5S/c1-14-10-11-30-21(14)13-20-23(26)18-8-9-19(15(2)24(18)29-20)28-22(25)12-16-4-6-17(27-3)7-5-16/h4-11,13H,12H2,1-3H3/b20-13-. The molecule has 0 aliphatic carbocycles. The summed E-state index contributed by atoms with van der Waals surface area (Å²) in [5, 5.41) is 1.97. The molecule has 4 rings (SSSR count). The minimum absolute atomic E-state index is 0.128. The summed E-state index contributed by atoms with van der Waals surface area (Å²) in [4.78, 5) is 26.1. The van der Waals surface area contributed by atoms with Gasteiger partial charge in [0.05, 0.1) is 19.1 Å². The van der Waals surface area contributed by atoms with Crippen molar-refractivity contribution in [1.82, 2.24) is 0 Å². The van der Waals surface area contributed by atoms with Gasteiger partial charge in [-0.3, -0.25) is 9.59 Å². The molecule has 1 aliphatic heterocycles. The minimum atomic E-state index is -0.391. The number of ketones is 1. The number of Topliss-reactive ketones (excluding diaryl/α,β-unsaturated/α-hetero) is 1. The van der Waals surface area contributed by atoms with E-state index >= 15 is 0 Å². The van der Waals surface area contributed by atoms with E-state index in [9.17, 15) is 9.59 Å². The molecule has 0 amide bonds. The molecule has 0 saturated carbocycles. The highest BCUT2D eigenvalue weighted by molar-refractivity contribution is 7.11. The lowest BCUT2D eigenvalue weighted by Gasteiger charge is -2.10. The van der Waals surface area contributed by atoms with Crippen LogP contribution in [0.3, 0.4) is 0 Å². The van der Waals surface area contributed by atoms with Crippen LogP contribution in [0.2, 0.25) is 0 Å². The second-order valence-corrected chi connectivity index (χ2v) is 7.92. The van der Waals surface area contributed by atoms with Crippen LogP contribution in [0.15, 0.2) is 53.6 Å². The molecule has 0 spiro atoms. The van der Waals surface area contributed by atoms with Crippen molar-refractivity contribution in [2.24, 2.45) is 0 Å². The van der Waals surface area contributed by atoms with Gasteiger partial charge in [0, 0.05) is 16.5 Å². The van der Waals surface area contributed by atoms with E-state index in [2.05, 4.69) is 0 Å². The van der Waals surface area contributed by atoms with Gasteiger partial charge in [-0.15, -0.1) is 11.3 Å². The Bertz CT molecular complexity index is 1150. The lowest BCUT2D eigenvalue weighted by atomic mass is 10.1. The highest BCUT2D eigenvalue weighted by Gasteiger charge is 2.30. The van der Waals surface area contributed by atoms with E-state index in [1.165, 1.54) is 0 Å². The topological polar surface area (TPSA) is 61.8 Å². The van der Waals surface area contributed by atoms with Crippen molar-refractivity contribution >= 4 is 29.2 Å². The molecule has 3 aromatic rings. The van der Waals surface area contributed by atoms with E-state index in [0.29, 0.717) is 22.6 Å². The molecule has 0 atom stereocenters. The minimum Gasteiger partial charge on any atom is -0.497 e. The van der Waals surface area contributed by atoms with Crippen LogP contribution in [-0.2, 0) is 11.2 Å². The Kier molecular flexibility index (Phi) is 5.42. The van der Waals surface area contributed by atoms with Crippen LogP contribution < -0.4 is 14.2 Å². The van der Waals surface area contributed by atoms with Crippen LogP contribution >= 0.6 is 11.3 Å². The van der Waals surface area contributed by atoms with Crippen LogP contribution in [0.5, 0.6) is 17.2 Å². The number of carbonyl (C=O) groups is 2. The Labute approximate surface area is 178 Å². The summed E-state index contributed by atoms with van der Waals surface area (Å²) in [6.45, 7) is 3.77. The number of hydrogen-bond donors (Lipinski definition) is 0. The normalized spacial score (nSPS) is 13.8. The van der Waals surface area contributed by atoms with Gasteiger partial charge in [-0.1, -0.05) is 12.1 Å². The molecule has 1 aromatic heterocycles. The van der Waals surface area contributed by atoms with Crippen LogP contribution in [0.25, 0.3) is 6.08 Å². The van der Waals surface area contributed by atoms with Gasteiger partial charge in [0.2, 0.25) is 5.78 Å². The zero-order chi connectivity index (χ0) is 21.3. The molecule has 0 N–H and O–H groups in total. The van der Waals surface area contributed by atoms with Gasteiger partial charge in [0.15, 0.2) is 5.76 Å². The first kappa shape index (κ1) is 19.9. The molecule has 2 aromatic carbocycles. The lowest BCUT2D eigenvalue weighted by molar-refractivity contribution is -0.133. The molecule has 0 bridgehead atoms. The van der Waals surface area contributed by atoms with E-state index in [0.717, 1.165) is 21.8 Å². The molecule has 0 fully saturated rings. The number of aryl methyl sites for hydroxylation is 1. The number of hydrogen-bond acceptors (Lipinski definition) is 6. The zero-order valence-corrected chi connectivity index (χ0v) is 17.7. The maximum absolute atomic E-state index is 12.7. The van der Waals surface area contributed by atoms with Crippen molar-refractivity contribution in [2.45, 2.75) is 20.3 Å². The van der Waals surface area contributed by atoms with Gasteiger partial charge in [0.1, 0.15) is 17.2 Å². The third kappa shape index (κ3) is 3.86. The number of carbonyl (C=O) groups excluding carboxylic acids is 2. The van der Waals surface area contributed by atoms with Crippen molar-refractivity contribution in [1.29, 1.82) is 0 Å². The number of methoxy groups -OCH3 is 1. The molecular formula is C24H20O5S. The Morgan fingerprint density at radius 1 is 1.10 bits per heavy atom. The second kappa shape index (κ2) is 8.16. The number of allylic oxidation sites excluding steroid dienone is 1. The summed E-state index contributed by atoms with van der Waals surface area (Å²) in [6, 6.07) is 12.5. The highest BCUT2D eigenvalue weighted by Crippen LogP contribution is 2.39. The molecule has 0 unspecified atom stereocenters. The summed E-state index contributed by atoms with van der Waals surface area (Å²) >= 11 is 1.55. The first-order valence-electron chi connectivity index (χ1n) is 9.42. The quantitative estimate of drug-likeness (QED) is 0.325. The average Bonchev–Trinajstić information content (AvgIpc) is 3.28. The molecule has 6 heteroatoms. The molecule has 5 nitrogen and oxygen atoms in total. The molecule has 152 valence electrons. The number of esters is 1. The summed E-state index contributed by atoms with van der Waals surface area (Å²) in [5.41, 5.74) is 3.01. The number of ether oxygens (including phenoxy) is 3. The van der Waals surface area contributed by atoms with Gasteiger partial charge in [0.25, 0.3) is 0 Å². The molecule has 0 radical (unpaired) electrons. The van der Waals surface area contributed by atoms with E-state index in [-0.39, 0.29) is 18.0 Å². The SMILES string of the molecule is COc1ccc(CC(=O)Oc2ccc3c(c2C)O/C(=C\c2sccc2C)C3=O)cc1. The van der Waals surface area contributed by atoms with E-state index in [1.807, 2.05) is 30.5 Å². The molecule has 0 saturated heterocycles.